The second kappa shape index (κ2) is 5.71. The molecule has 0 atom stereocenters. The van der Waals surface area contributed by atoms with Crippen LogP contribution >= 0.6 is 0 Å². The fraction of sp³-hybridized carbons (Fsp3) is 0.500. The van der Waals surface area contributed by atoms with Crippen molar-refractivity contribution in [3.63, 3.8) is 0 Å². The van der Waals surface area contributed by atoms with Gasteiger partial charge in [0, 0.05) is 19.8 Å². The molecule has 1 N–H and O–H groups in total. The largest absolute Gasteiger partial charge is 0.478 e. The maximum absolute atomic E-state index is 11.2. The lowest BCUT2D eigenvalue weighted by molar-refractivity contribution is 0.0695. The molecular weight excluding hydrogens is 214 g/mol. The van der Waals surface area contributed by atoms with Gasteiger partial charge in [0.1, 0.15) is 0 Å². The van der Waals surface area contributed by atoms with Crippen molar-refractivity contribution in [1.82, 2.24) is 0 Å². The van der Waals surface area contributed by atoms with Crippen molar-refractivity contribution in [1.29, 1.82) is 0 Å². The maximum atomic E-state index is 11.2. The lowest BCUT2D eigenvalue weighted by Crippen LogP contribution is -2.14. The molecule has 94 valence electrons. The highest BCUT2D eigenvalue weighted by Gasteiger charge is 2.15. The highest BCUT2D eigenvalue weighted by Crippen LogP contribution is 2.25. The van der Waals surface area contributed by atoms with E-state index in [4.69, 9.17) is 0 Å². The van der Waals surface area contributed by atoms with E-state index in [9.17, 15) is 9.90 Å². The van der Waals surface area contributed by atoms with Gasteiger partial charge in [0.05, 0.1) is 5.56 Å². The second-order valence-electron chi connectivity index (χ2n) is 4.94. The molecule has 0 heterocycles. The van der Waals surface area contributed by atoms with Gasteiger partial charge < -0.3 is 10.0 Å². The Morgan fingerprint density at radius 1 is 1.35 bits per heavy atom. The van der Waals surface area contributed by atoms with E-state index in [1.807, 2.05) is 25.1 Å². The van der Waals surface area contributed by atoms with Crippen LogP contribution in [-0.2, 0) is 6.42 Å². The van der Waals surface area contributed by atoms with Crippen molar-refractivity contribution in [3.05, 3.63) is 29.3 Å². The molecule has 3 heteroatoms. The van der Waals surface area contributed by atoms with Gasteiger partial charge in [-0.1, -0.05) is 19.9 Å². The van der Waals surface area contributed by atoms with E-state index in [2.05, 4.69) is 13.8 Å². The van der Waals surface area contributed by atoms with E-state index in [1.165, 1.54) is 0 Å². The lowest BCUT2D eigenvalue weighted by Gasteiger charge is -2.19. The van der Waals surface area contributed by atoms with Gasteiger partial charge in [-0.25, -0.2) is 4.79 Å². The first-order valence-electron chi connectivity index (χ1n) is 5.96. The van der Waals surface area contributed by atoms with Crippen LogP contribution in [0.2, 0.25) is 0 Å². The third-order valence-corrected chi connectivity index (χ3v) is 2.84. The van der Waals surface area contributed by atoms with E-state index < -0.39 is 5.97 Å². The predicted molar refractivity (Wildman–Crippen MR) is 70.9 cm³/mol. The van der Waals surface area contributed by atoms with Crippen LogP contribution in [0.25, 0.3) is 0 Å². The van der Waals surface area contributed by atoms with Crippen LogP contribution in [-0.4, -0.2) is 25.2 Å². The minimum Gasteiger partial charge on any atom is -0.478 e. The Hall–Kier alpha value is -1.51. The average molecular weight is 235 g/mol. The van der Waals surface area contributed by atoms with Crippen LogP contribution in [0, 0.1) is 5.92 Å². The van der Waals surface area contributed by atoms with Gasteiger partial charge in [-0.15, -0.1) is 0 Å². The Labute approximate surface area is 103 Å². The van der Waals surface area contributed by atoms with Gasteiger partial charge >= 0.3 is 5.97 Å². The quantitative estimate of drug-likeness (QED) is 0.852. The zero-order chi connectivity index (χ0) is 13.0. The van der Waals surface area contributed by atoms with Gasteiger partial charge in [0.25, 0.3) is 0 Å². The summed E-state index contributed by atoms with van der Waals surface area (Å²) in [6, 6.07) is 5.46. The lowest BCUT2D eigenvalue weighted by atomic mass is 9.96. The normalized spacial score (nSPS) is 10.6. The fourth-order valence-corrected chi connectivity index (χ4v) is 1.89. The second-order valence-corrected chi connectivity index (χ2v) is 4.94. The summed E-state index contributed by atoms with van der Waals surface area (Å²) < 4.78 is 0. The van der Waals surface area contributed by atoms with Gasteiger partial charge in [-0.2, -0.15) is 0 Å². The molecular formula is C14H21NO2. The number of hydrogen-bond donors (Lipinski definition) is 1. The molecule has 0 saturated heterocycles. The SMILES string of the molecule is CC(C)CCc1c(C(=O)O)cccc1N(C)C. The van der Waals surface area contributed by atoms with Crippen molar-refractivity contribution >= 4 is 11.7 Å². The highest BCUT2D eigenvalue weighted by atomic mass is 16.4. The van der Waals surface area contributed by atoms with Crippen molar-refractivity contribution in [3.8, 4) is 0 Å². The standard InChI is InChI=1S/C14H21NO2/c1-10(2)8-9-11-12(14(16)17)6-5-7-13(11)15(3)4/h5-7,10H,8-9H2,1-4H3,(H,16,17). The smallest absolute Gasteiger partial charge is 0.336 e. The van der Waals surface area contributed by atoms with Gasteiger partial charge in [-0.05, 0) is 36.5 Å². The number of benzene rings is 1. The van der Waals surface area contributed by atoms with Crippen molar-refractivity contribution in [2.45, 2.75) is 26.7 Å². The molecule has 1 rings (SSSR count). The Kier molecular flexibility index (Phi) is 4.55. The molecule has 0 unspecified atom stereocenters. The molecule has 0 aliphatic heterocycles. The van der Waals surface area contributed by atoms with E-state index in [1.54, 1.807) is 12.1 Å². The minimum absolute atomic E-state index is 0.428. The molecule has 0 aliphatic rings. The molecule has 0 spiro atoms. The van der Waals surface area contributed by atoms with Crippen LogP contribution in [0.4, 0.5) is 5.69 Å². The molecule has 0 amide bonds. The van der Waals surface area contributed by atoms with Crippen molar-refractivity contribution < 1.29 is 9.90 Å². The molecule has 17 heavy (non-hydrogen) atoms. The Morgan fingerprint density at radius 2 is 2.00 bits per heavy atom. The Bertz CT molecular complexity index is 397. The fourth-order valence-electron chi connectivity index (χ4n) is 1.89. The number of rotatable bonds is 5. The molecule has 3 nitrogen and oxygen atoms in total. The first kappa shape index (κ1) is 13.6. The minimum atomic E-state index is -0.840. The summed E-state index contributed by atoms with van der Waals surface area (Å²) in [6.07, 6.45) is 1.82. The molecule has 0 saturated carbocycles. The number of anilines is 1. The van der Waals surface area contributed by atoms with Crippen molar-refractivity contribution in [2.24, 2.45) is 5.92 Å². The summed E-state index contributed by atoms with van der Waals surface area (Å²) in [7, 11) is 3.89. The number of carbonyl (C=O) groups is 1. The van der Waals surface area contributed by atoms with E-state index in [0.717, 1.165) is 24.1 Å². The van der Waals surface area contributed by atoms with Gasteiger partial charge in [0.15, 0.2) is 0 Å². The van der Waals surface area contributed by atoms with Gasteiger partial charge in [-0.3, -0.25) is 0 Å². The molecule has 0 bridgehead atoms. The summed E-state index contributed by atoms with van der Waals surface area (Å²) >= 11 is 0. The molecule has 0 aliphatic carbocycles. The summed E-state index contributed by atoms with van der Waals surface area (Å²) in [6.45, 7) is 4.30. The van der Waals surface area contributed by atoms with E-state index >= 15 is 0 Å². The summed E-state index contributed by atoms with van der Waals surface area (Å²) in [5, 5.41) is 9.22. The number of hydrogen-bond acceptors (Lipinski definition) is 2. The molecule has 0 fully saturated rings. The number of carboxylic acid groups (broad SMARTS) is 1. The van der Waals surface area contributed by atoms with E-state index in [-0.39, 0.29) is 0 Å². The molecule has 0 radical (unpaired) electrons. The third kappa shape index (κ3) is 3.48. The van der Waals surface area contributed by atoms with Crippen molar-refractivity contribution in [2.75, 3.05) is 19.0 Å². The van der Waals surface area contributed by atoms with Crippen LogP contribution in [0.15, 0.2) is 18.2 Å². The molecule has 0 aromatic heterocycles. The monoisotopic (exact) mass is 235 g/mol. The van der Waals surface area contributed by atoms with E-state index in [0.29, 0.717) is 11.5 Å². The Balaban J connectivity index is 3.14. The number of carboxylic acids is 1. The maximum Gasteiger partial charge on any atom is 0.336 e. The summed E-state index contributed by atoms with van der Waals surface area (Å²) in [5.74, 6) is -0.265. The highest BCUT2D eigenvalue weighted by molar-refractivity contribution is 5.91. The Morgan fingerprint density at radius 3 is 2.47 bits per heavy atom. The number of nitrogens with zero attached hydrogens (tertiary/aromatic N) is 1. The van der Waals surface area contributed by atoms with Gasteiger partial charge in [0.2, 0.25) is 0 Å². The first-order valence-corrected chi connectivity index (χ1v) is 5.96. The summed E-state index contributed by atoms with van der Waals surface area (Å²) in [5.41, 5.74) is 2.38. The molecule has 1 aromatic carbocycles. The zero-order valence-corrected chi connectivity index (χ0v) is 11.0. The first-order chi connectivity index (χ1) is 7.93. The predicted octanol–water partition coefficient (Wildman–Crippen LogP) is 3.04. The topological polar surface area (TPSA) is 40.5 Å². The van der Waals surface area contributed by atoms with Crippen LogP contribution in [0.5, 0.6) is 0 Å². The van der Waals surface area contributed by atoms with Crippen LogP contribution in [0.1, 0.15) is 36.2 Å². The average Bonchev–Trinajstić information content (AvgIpc) is 2.25. The molecule has 1 aromatic rings. The van der Waals surface area contributed by atoms with Crippen LogP contribution in [0.3, 0.4) is 0 Å². The third-order valence-electron chi connectivity index (χ3n) is 2.84. The summed E-state index contributed by atoms with van der Waals surface area (Å²) in [4.78, 5) is 13.2. The zero-order valence-electron chi connectivity index (χ0n) is 11.0. The van der Waals surface area contributed by atoms with Crippen LogP contribution < -0.4 is 4.90 Å². The number of aromatic carboxylic acids is 1.